The van der Waals surface area contributed by atoms with Crippen molar-refractivity contribution in [3.63, 3.8) is 0 Å². The van der Waals surface area contributed by atoms with Crippen molar-refractivity contribution in [1.29, 1.82) is 0 Å². The number of piperazine rings is 1. The lowest BCUT2D eigenvalue weighted by Crippen LogP contribution is -2.51. The fourth-order valence-corrected chi connectivity index (χ4v) is 3.66. The van der Waals surface area contributed by atoms with Gasteiger partial charge in [-0.15, -0.1) is 0 Å². The van der Waals surface area contributed by atoms with Crippen LogP contribution < -0.4 is 5.73 Å². The van der Waals surface area contributed by atoms with Crippen LogP contribution in [0, 0.1) is 5.41 Å². The first kappa shape index (κ1) is 12.2. The van der Waals surface area contributed by atoms with Gasteiger partial charge in [-0.05, 0) is 37.6 Å². The number of hydrogen-bond donors (Lipinski definition) is 2. The zero-order chi connectivity index (χ0) is 12.6. The van der Waals surface area contributed by atoms with Crippen LogP contribution in [0.5, 0.6) is 0 Å². The summed E-state index contributed by atoms with van der Waals surface area (Å²) >= 11 is 0. The lowest BCUT2D eigenvalue weighted by Gasteiger charge is -2.39. The minimum absolute atomic E-state index is 0.317. The van der Waals surface area contributed by atoms with Crippen LogP contribution in [0.2, 0.25) is 0 Å². The van der Waals surface area contributed by atoms with Gasteiger partial charge in [0.05, 0.1) is 0 Å². The van der Waals surface area contributed by atoms with Crippen molar-refractivity contribution in [3.8, 4) is 0 Å². The summed E-state index contributed by atoms with van der Waals surface area (Å²) in [6.45, 7) is 6.07. The maximum Gasteiger partial charge on any atom is 0.139 e. The zero-order valence-electron chi connectivity index (χ0n) is 11.0. The second kappa shape index (κ2) is 4.70. The van der Waals surface area contributed by atoms with Gasteiger partial charge in [-0.25, -0.2) is 0 Å². The Morgan fingerprint density at radius 3 is 2.89 bits per heavy atom. The van der Waals surface area contributed by atoms with Crippen molar-refractivity contribution in [2.75, 3.05) is 32.7 Å². The Labute approximate surface area is 109 Å². The minimum atomic E-state index is 0.317. The first-order valence-electron chi connectivity index (χ1n) is 7.14. The molecule has 5 heteroatoms. The van der Waals surface area contributed by atoms with Crippen LogP contribution in [0.1, 0.15) is 32.1 Å². The number of nitrogens with zero attached hydrogens (tertiary/aromatic N) is 3. The van der Waals surface area contributed by atoms with E-state index in [0.717, 1.165) is 19.0 Å². The third-order valence-corrected chi connectivity index (χ3v) is 4.87. The molecule has 102 valence electrons. The number of nitrogens with two attached hydrogens (primary N) is 1. The standard InChI is InChI=1S/C13H24N4O/c14-12(15-18)8-13(3-4-13)10-16-6-7-17-5-1-2-11(17)9-16/h11,18H,1-10H2,(H2,14,15). The molecule has 0 radical (unpaired) electrons. The predicted molar refractivity (Wildman–Crippen MR) is 70.7 cm³/mol. The smallest absolute Gasteiger partial charge is 0.139 e. The van der Waals surface area contributed by atoms with Gasteiger partial charge in [0, 0.05) is 38.6 Å². The number of rotatable bonds is 4. The summed E-state index contributed by atoms with van der Waals surface area (Å²) in [5, 5.41) is 11.8. The van der Waals surface area contributed by atoms with Crippen molar-refractivity contribution in [1.82, 2.24) is 9.80 Å². The summed E-state index contributed by atoms with van der Waals surface area (Å²) < 4.78 is 0. The molecule has 0 bridgehead atoms. The van der Waals surface area contributed by atoms with E-state index in [1.165, 1.54) is 51.9 Å². The lowest BCUT2D eigenvalue weighted by molar-refractivity contribution is 0.0886. The Bertz CT molecular complexity index is 340. The van der Waals surface area contributed by atoms with Gasteiger partial charge in [0.25, 0.3) is 0 Å². The van der Waals surface area contributed by atoms with Crippen LogP contribution in [-0.2, 0) is 0 Å². The molecular weight excluding hydrogens is 228 g/mol. The first-order chi connectivity index (χ1) is 8.71. The predicted octanol–water partition coefficient (Wildman–Crippen LogP) is 0.683. The molecule has 3 aliphatic rings. The van der Waals surface area contributed by atoms with Crippen molar-refractivity contribution in [3.05, 3.63) is 0 Å². The van der Waals surface area contributed by atoms with E-state index in [2.05, 4.69) is 15.0 Å². The molecule has 3 N–H and O–H groups in total. The van der Waals surface area contributed by atoms with Gasteiger partial charge in [0.15, 0.2) is 0 Å². The zero-order valence-corrected chi connectivity index (χ0v) is 11.0. The van der Waals surface area contributed by atoms with E-state index in [1.807, 2.05) is 0 Å². The molecule has 2 saturated heterocycles. The summed E-state index contributed by atoms with van der Waals surface area (Å²) in [7, 11) is 0. The van der Waals surface area contributed by atoms with Crippen molar-refractivity contribution in [2.45, 2.75) is 38.1 Å². The van der Waals surface area contributed by atoms with Crippen molar-refractivity contribution >= 4 is 5.84 Å². The number of hydrogen-bond acceptors (Lipinski definition) is 4. The molecule has 0 spiro atoms. The average Bonchev–Trinajstić information content (AvgIpc) is 2.94. The monoisotopic (exact) mass is 252 g/mol. The molecule has 1 aliphatic carbocycles. The van der Waals surface area contributed by atoms with E-state index >= 15 is 0 Å². The Morgan fingerprint density at radius 2 is 2.17 bits per heavy atom. The van der Waals surface area contributed by atoms with Gasteiger partial charge >= 0.3 is 0 Å². The normalized spacial score (nSPS) is 32.4. The molecule has 5 nitrogen and oxygen atoms in total. The third-order valence-electron chi connectivity index (χ3n) is 4.87. The van der Waals surface area contributed by atoms with E-state index in [4.69, 9.17) is 10.9 Å². The summed E-state index contributed by atoms with van der Waals surface area (Å²) in [5.41, 5.74) is 5.98. The van der Waals surface area contributed by atoms with Gasteiger partial charge in [0.2, 0.25) is 0 Å². The number of fused-ring (bicyclic) bond motifs is 1. The van der Waals surface area contributed by atoms with Crippen LogP contribution in [-0.4, -0.2) is 59.6 Å². The molecule has 3 fully saturated rings. The molecule has 2 heterocycles. The van der Waals surface area contributed by atoms with Crippen LogP contribution in [0.25, 0.3) is 0 Å². The highest BCUT2D eigenvalue weighted by atomic mass is 16.4. The fourth-order valence-electron chi connectivity index (χ4n) is 3.66. The Kier molecular flexibility index (Phi) is 3.20. The van der Waals surface area contributed by atoms with Gasteiger partial charge in [-0.3, -0.25) is 9.80 Å². The second-order valence-electron chi connectivity index (χ2n) is 6.34. The molecule has 0 amide bonds. The average molecular weight is 252 g/mol. The molecule has 18 heavy (non-hydrogen) atoms. The largest absolute Gasteiger partial charge is 0.409 e. The topological polar surface area (TPSA) is 65.1 Å². The first-order valence-corrected chi connectivity index (χ1v) is 7.14. The fraction of sp³-hybridized carbons (Fsp3) is 0.923. The summed E-state index contributed by atoms with van der Waals surface area (Å²) in [6, 6.07) is 0.790. The SMILES string of the molecule is NC(CC1(CN2CCN3CCCC3C2)CC1)=NO. The van der Waals surface area contributed by atoms with Crippen molar-refractivity contribution < 1.29 is 5.21 Å². The molecule has 1 unspecified atom stereocenters. The van der Waals surface area contributed by atoms with E-state index in [9.17, 15) is 0 Å². The highest BCUT2D eigenvalue weighted by molar-refractivity contribution is 5.80. The maximum absolute atomic E-state index is 8.70. The van der Waals surface area contributed by atoms with Gasteiger partial charge in [-0.1, -0.05) is 5.16 Å². The molecule has 0 aromatic heterocycles. The van der Waals surface area contributed by atoms with Gasteiger partial charge in [-0.2, -0.15) is 0 Å². The second-order valence-corrected chi connectivity index (χ2v) is 6.34. The summed E-state index contributed by atoms with van der Waals surface area (Å²) in [6.07, 6.45) is 5.95. The molecule has 2 aliphatic heterocycles. The molecule has 0 aromatic rings. The summed E-state index contributed by atoms with van der Waals surface area (Å²) in [5.74, 6) is 0.395. The highest BCUT2D eigenvalue weighted by Crippen LogP contribution is 2.49. The Hall–Kier alpha value is -0.810. The maximum atomic E-state index is 8.70. The van der Waals surface area contributed by atoms with Gasteiger partial charge < -0.3 is 10.9 Å². The molecular formula is C13H24N4O. The highest BCUT2D eigenvalue weighted by Gasteiger charge is 2.45. The van der Waals surface area contributed by atoms with Gasteiger partial charge in [0.1, 0.15) is 5.84 Å². The van der Waals surface area contributed by atoms with E-state index in [-0.39, 0.29) is 0 Å². The van der Waals surface area contributed by atoms with E-state index < -0.39 is 0 Å². The number of amidine groups is 1. The quantitative estimate of drug-likeness (QED) is 0.334. The molecule has 1 saturated carbocycles. The Balaban J connectivity index is 1.54. The summed E-state index contributed by atoms with van der Waals surface area (Å²) in [4.78, 5) is 5.24. The molecule has 0 aromatic carbocycles. The van der Waals surface area contributed by atoms with Crippen LogP contribution in [0.3, 0.4) is 0 Å². The number of oxime groups is 1. The Morgan fingerprint density at radius 1 is 1.33 bits per heavy atom. The third kappa shape index (κ3) is 2.47. The minimum Gasteiger partial charge on any atom is -0.409 e. The van der Waals surface area contributed by atoms with Crippen LogP contribution in [0.4, 0.5) is 0 Å². The lowest BCUT2D eigenvalue weighted by atomic mass is 10.00. The molecule has 1 atom stereocenters. The van der Waals surface area contributed by atoms with Crippen LogP contribution >= 0.6 is 0 Å². The van der Waals surface area contributed by atoms with Crippen LogP contribution in [0.15, 0.2) is 5.16 Å². The van der Waals surface area contributed by atoms with Crippen molar-refractivity contribution in [2.24, 2.45) is 16.3 Å². The molecule has 3 rings (SSSR count). The van der Waals surface area contributed by atoms with E-state index in [0.29, 0.717) is 11.3 Å². The van der Waals surface area contributed by atoms with E-state index in [1.54, 1.807) is 0 Å².